The summed E-state index contributed by atoms with van der Waals surface area (Å²) in [5.74, 6) is 0. The minimum absolute atomic E-state index is 0.0459. The third-order valence-corrected chi connectivity index (χ3v) is 3.51. The van der Waals surface area contributed by atoms with Gasteiger partial charge >= 0.3 is 0 Å². The Morgan fingerprint density at radius 2 is 1.89 bits per heavy atom. The average Bonchev–Trinajstić information content (AvgIpc) is 2.46. The molecule has 0 aliphatic carbocycles. The zero-order valence-corrected chi connectivity index (χ0v) is 12.1. The molecule has 100 valence electrons. The quantitative estimate of drug-likeness (QED) is 0.892. The van der Waals surface area contributed by atoms with Crippen LogP contribution in [0.4, 0.5) is 0 Å². The molecule has 1 N–H and O–H groups in total. The van der Waals surface area contributed by atoms with Crippen LogP contribution in [-0.2, 0) is 6.42 Å². The van der Waals surface area contributed by atoms with E-state index in [-0.39, 0.29) is 6.04 Å². The number of aryl methyl sites for hydroxylation is 1. The van der Waals surface area contributed by atoms with Crippen molar-refractivity contribution in [2.75, 3.05) is 6.54 Å². The van der Waals surface area contributed by atoms with E-state index in [1.165, 1.54) is 11.1 Å². The van der Waals surface area contributed by atoms with Crippen molar-refractivity contribution in [3.05, 3.63) is 64.4 Å². The molecule has 0 bridgehead atoms. The second kappa shape index (κ2) is 6.69. The molecule has 2 rings (SSSR count). The fourth-order valence-electron chi connectivity index (χ4n) is 2.13. The molecule has 0 saturated heterocycles. The third kappa shape index (κ3) is 3.34. The van der Waals surface area contributed by atoms with Gasteiger partial charge in [0.2, 0.25) is 0 Å². The number of benzene rings is 1. The van der Waals surface area contributed by atoms with Crippen molar-refractivity contribution >= 4 is 11.6 Å². The molecule has 2 aromatic rings. The highest BCUT2D eigenvalue weighted by Crippen LogP contribution is 2.26. The SMILES string of the molecule is CCNC(c1ccc(CC)cc1)c1ncccc1Cl. The summed E-state index contributed by atoms with van der Waals surface area (Å²) in [6, 6.07) is 12.4. The Morgan fingerprint density at radius 1 is 1.16 bits per heavy atom. The summed E-state index contributed by atoms with van der Waals surface area (Å²) in [6.45, 7) is 5.11. The number of rotatable bonds is 5. The Balaban J connectivity index is 2.36. The molecule has 0 amide bonds. The maximum Gasteiger partial charge on any atom is 0.0804 e. The molecule has 0 aliphatic rings. The zero-order chi connectivity index (χ0) is 13.7. The highest BCUT2D eigenvalue weighted by molar-refractivity contribution is 6.31. The fourth-order valence-corrected chi connectivity index (χ4v) is 2.36. The lowest BCUT2D eigenvalue weighted by molar-refractivity contribution is 0.615. The molecular weight excluding hydrogens is 256 g/mol. The minimum Gasteiger partial charge on any atom is -0.305 e. The van der Waals surface area contributed by atoms with E-state index in [1.807, 2.05) is 12.1 Å². The summed E-state index contributed by atoms with van der Waals surface area (Å²) in [5, 5.41) is 4.15. The van der Waals surface area contributed by atoms with Gasteiger partial charge in [-0.15, -0.1) is 0 Å². The van der Waals surface area contributed by atoms with Gasteiger partial charge in [-0.2, -0.15) is 0 Å². The molecule has 19 heavy (non-hydrogen) atoms. The van der Waals surface area contributed by atoms with Crippen molar-refractivity contribution in [3.63, 3.8) is 0 Å². The van der Waals surface area contributed by atoms with Crippen molar-refractivity contribution in [2.45, 2.75) is 26.3 Å². The normalized spacial score (nSPS) is 12.4. The molecule has 1 heterocycles. The summed E-state index contributed by atoms with van der Waals surface area (Å²) in [6.07, 6.45) is 2.84. The first-order valence-electron chi connectivity index (χ1n) is 6.68. The molecule has 0 saturated carbocycles. The summed E-state index contributed by atoms with van der Waals surface area (Å²) in [7, 11) is 0. The molecule has 1 aromatic carbocycles. The van der Waals surface area contributed by atoms with Gasteiger partial charge in [0, 0.05) is 6.20 Å². The molecule has 0 aliphatic heterocycles. The molecule has 0 spiro atoms. The molecule has 2 nitrogen and oxygen atoms in total. The Bertz CT molecular complexity index is 523. The largest absolute Gasteiger partial charge is 0.305 e. The van der Waals surface area contributed by atoms with Crippen molar-refractivity contribution in [2.24, 2.45) is 0 Å². The standard InChI is InChI=1S/C16H19ClN2/c1-3-12-7-9-13(10-8-12)15(18-4-2)16-14(17)6-5-11-19-16/h5-11,15,18H,3-4H2,1-2H3. The van der Waals surface area contributed by atoms with Gasteiger partial charge in [0.1, 0.15) is 0 Å². The highest BCUT2D eigenvalue weighted by Gasteiger charge is 2.16. The molecule has 1 unspecified atom stereocenters. The van der Waals surface area contributed by atoms with Gasteiger partial charge < -0.3 is 5.32 Å². The van der Waals surface area contributed by atoms with Crippen molar-refractivity contribution in [1.29, 1.82) is 0 Å². The number of aromatic nitrogens is 1. The highest BCUT2D eigenvalue weighted by atomic mass is 35.5. The molecule has 0 fully saturated rings. The number of nitrogens with zero attached hydrogens (tertiary/aromatic N) is 1. The van der Waals surface area contributed by atoms with Crippen LogP contribution in [0.3, 0.4) is 0 Å². The van der Waals surface area contributed by atoms with E-state index in [2.05, 4.69) is 48.4 Å². The van der Waals surface area contributed by atoms with Crippen LogP contribution in [0.2, 0.25) is 5.02 Å². The lowest BCUT2D eigenvalue weighted by Crippen LogP contribution is -2.23. The van der Waals surface area contributed by atoms with Crippen LogP contribution in [0.25, 0.3) is 0 Å². The smallest absolute Gasteiger partial charge is 0.0804 e. The second-order valence-electron chi connectivity index (χ2n) is 4.46. The first-order chi connectivity index (χ1) is 9.26. The predicted octanol–water partition coefficient (Wildman–Crippen LogP) is 4.00. The predicted molar refractivity (Wildman–Crippen MR) is 80.6 cm³/mol. The minimum atomic E-state index is 0.0459. The van der Waals surface area contributed by atoms with Crippen LogP contribution >= 0.6 is 11.6 Å². The van der Waals surface area contributed by atoms with E-state index < -0.39 is 0 Å². The fraction of sp³-hybridized carbons (Fsp3) is 0.312. The van der Waals surface area contributed by atoms with Crippen LogP contribution in [0.5, 0.6) is 0 Å². The van der Waals surface area contributed by atoms with Gasteiger partial charge in [0.05, 0.1) is 16.8 Å². The van der Waals surface area contributed by atoms with Gasteiger partial charge in [-0.3, -0.25) is 4.98 Å². The van der Waals surface area contributed by atoms with E-state index in [1.54, 1.807) is 6.20 Å². The molecule has 1 aromatic heterocycles. The van der Waals surface area contributed by atoms with Crippen LogP contribution in [-0.4, -0.2) is 11.5 Å². The van der Waals surface area contributed by atoms with Gasteiger partial charge in [0.25, 0.3) is 0 Å². The Hall–Kier alpha value is -1.38. The lowest BCUT2D eigenvalue weighted by atomic mass is 10.0. The topological polar surface area (TPSA) is 24.9 Å². The molecule has 3 heteroatoms. The summed E-state index contributed by atoms with van der Waals surface area (Å²) in [4.78, 5) is 4.42. The van der Waals surface area contributed by atoms with Gasteiger partial charge in [-0.25, -0.2) is 0 Å². The zero-order valence-electron chi connectivity index (χ0n) is 11.4. The van der Waals surface area contributed by atoms with E-state index in [4.69, 9.17) is 11.6 Å². The van der Waals surface area contributed by atoms with E-state index in [9.17, 15) is 0 Å². The molecule has 1 atom stereocenters. The van der Waals surface area contributed by atoms with Crippen LogP contribution in [0, 0.1) is 0 Å². The van der Waals surface area contributed by atoms with E-state index >= 15 is 0 Å². The summed E-state index contributed by atoms with van der Waals surface area (Å²) < 4.78 is 0. The maximum atomic E-state index is 6.26. The van der Waals surface area contributed by atoms with Gasteiger partial charge in [-0.05, 0) is 36.2 Å². The number of pyridine rings is 1. The van der Waals surface area contributed by atoms with Crippen LogP contribution in [0.15, 0.2) is 42.6 Å². The lowest BCUT2D eigenvalue weighted by Gasteiger charge is -2.19. The number of halogens is 1. The number of nitrogens with one attached hydrogen (secondary N) is 1. The van der Waals surface area contributed by atoms with E-state index in [0.717, 1.165) is 18.7 Å². The Labute approximate surface area is 119 Å². The monoisotopic (exact) mass is 274 g/mol. The molecular formula is C16H19ClN2. The third-order valence-electron chi connectivity index (χ3n) is 3.19. The Morgan fingerprint density at radius 3 is 2.47 bits per heavy atom. The summed E-state index contributed by atoms with van der Waals surface area (Å²) in [5.41, 5.74) is 3.42. The van der Waals surface area contributed by atoms with Crippen LogP contribution in [0.1, 0.15) is 36.7 Å². The summed E-state index contributed by atoms with van der Waals surface area (Å²) >= 11 is 6.26. The van der Waals surface area contributed by atoms with Gasteiger partial charge in [0.15, 0.2) is 0 Å². The Kier molecular flexibility index (Phi) is 4.94. The second-order valence-corrected chi connectivity index (χ2v) is 4.86. The number of hydrogen-bond donors (Lipinski definition) is 1. The van der Waals surface area contributed by atoms with Gasteiger partial charge in [-0.1, -0.05) is 49.7 Å². The van der Waals surface area contributed by atoms with Crippen molar-refractivity contribution in [1.82, 2.24) is 10.3 Å². The van der Waals surface area contributed by atoms with Crippen LogP contribution < -0.4 is 5.32 Å². The van der Waals surface area contributed by atoms with E-state index in [0.29, 0.717) is 5.02 Å². The van der Waals surface area contributed by atoms with Crippen molar-refractivity contribution in [3.8, 4) is 0 Å². The molecule has 0 radical (unpaired) electrons. The maximum absolute atomic E-state index is 6.26. The first kappa shape index (κ1) is 14.0. The average molecular weight is 275 g/mol. The number of hydrogen-bond acceptors (Lipinski definition) is 2. The first-order valence-corrected chi connectivity index (χ1v) is 7.06. The van der Waals surface area contributed by atoms with Crippen molar-refractivity contribution < 1.29 is 0 Å².